The summed E-state index contributed by atoms with van der Waals surface area (Å²) in [4.78, 5) is 24.2. The minimum absolute atomic E-state index is 0.0227. The zero-order valence-corrected chi connectivity index (χ0v) is 8.27. The van der Waals surface area contributed by atoms with Crippen LogP contribution >= 0.6 is 0 Å². The van der Waals surface area contributed by atoms with Gasteiger partial charge in [0.2, 0.25) is 5.91 Å². The van der Waals surface area contributed by atoms with Crippen LogP contribution in [0.4, 0.5) is 0 Å². The van der Waals surface area contributed by atoms with Gasteiger partial charge >= 0.3 is 5.97 Å². The van der Waals surface area contributed by atoms with Crippen LogP contribution in [0.5, 0.6) is 0 Å². The topological polar surface area (TPSA) is 46.6 Å². The molecule has 0 N–H and O–H groups in total. The first-order chi connectivity index (χ1) is 6.65. The van der Waals surface area contributed by atoms with Gasteiger partial charge in [0.05, 0.1) is 13.0 Å². The minimum atomic E-state index is -0.168. The molecule has 14 heavy (non-hydrogen) atoms. The first-order valence-electron chi connectivity index (χ1n) is 4.68. The van der Waals surface area contributed by atoms with Gasteiger partial charge in [0.25, 0.3) is 0 Å². The van der Waals surface area contributed by atoms with Crippen molar-refractivity contribution < 1.29 is 14.3 Å². The van der Waals surface area contributed by atoms with Crippen LogP contribution in [-0.2, 0) is 14.3 Å². The molecule has 2 unspecified atom stereocenters. The van der Waals surface area contributed by atoms with E-state index in [2.05, 4.69) is 4.74 Å². The molecule has 0 aromatic rings. The number of likely N-dealkylation sites (N-methyl/N-ethyl adjacent to an activating group) is 1. The highest BCUT2D eigenvalue weighted by Crippen LogP contribution is 2.41. The lowest BCUT2D eigenvalue weighted by atomic mass is 9.67. The number of methoxy groups -OCH3 is 1. The molecule has 1 heterocycles. The van der Waals surface area contributed by atoms with Gasteiger partial charge in [-0.25, -0.2) is 0 Å². The van der Waals surface area contributed by atoms with E-state index in [0.717, 1.165) is 6.42 Å². The van der Waals surface area contributed by atoms with E-state index in [4.69, 9.17) is 0 Å². The molecule has 1 aliphatic heterocycles. The number of amides is 1. The predicted octanol–water partition coefficient (Wildman–Crippen LogP) is 0.192. The Balaban J connectivity index is 2.11. The molecule has 0 saturated heterocycles. The van der Waals surface area contributed by atoms with Crippen molar-refractivity contribution in [3.8, 4) is 0 Å². The second-order valence-electron chi connectivity index (χ2n) is 3.82. The van der Waals surface area contributed by atoms with Crippen LogP contribution in [0.15, 0.2) is 12.2 Å². The standard InChI is InChI=1S/C10H13NO3/c1-11-8-5-7(10(13)14-2)6(8)3-4-9(11)12/h3-4,6-8H,5H2,1-2H3/t6?,7-,8?/m1/s1. The van der Waals surface area contributed by atoms with E-state index in [9.17, 15) is 9.59 Å². The van der Waals surface area contributed by atoms with Crippen molar-refractivity contribution in [2.75, 3.05) is 14.2 Å². The molecule has 0 bridgehead atoms. The Morgan fingerprint density at radius 2 is 2.36 bits per heavy atom. The number of hydrogen-bond donors (Lipinski definition) is 0. The average molecular weight is 195 g/mol. The molecular weight excluding hydrogens is 182 g/mol. The maximum Gasteiger partial charge on any atom is 0.309 e. The van der Waals surface area contributed by atoms with E-state index in [1.165, 1.54) is 13.2 Å². The van der Waals surface area contributed by atoms with Crippen molar-refractivity contribution in [3.63, 3.8) is 0 Å². The van der Waals surface area contributed by atoms with E-state index >= 15 is 0 Å². The Labute approximate surface area is 82.5 Å². The Morgan fingerprint density at radius 3 is 3.00 bits per heavy atom. The summed E-state index contributed by atoms with van der Waals surface area (Å²) in [6.07, 6.45) is 4.10. The lowest BCUT2D eigenvalue weighted by molar-refractivity contribution is -0.157. The highest BCUT2D eigenvalue weighted by atomic mass is 16.5. The molecule has 76 valence electrons. The second kappa shape index (κ2) is 3.12. The highest BCUT2D eigenvalue weighted by Gasteiger charge is 2.48. The van der Waals surface area contributed by atoms with Gasteiger partial charge in [-0.2, -0.15) is 0 Å². The summed E-state index contributed by atoms with van der Waals surface area (Å²) in [5, 5.41) is 0. The Hall–Kier alpha value is -1.32. The highest BCUT2D eigenvalue weighted by molar-refractivity contribution is 5.89. The number of carbonyl (C=O) groups is 2. The van der Waals surface area contributed by atoms with Crippen LogP contribution in [0.25, 0.3) is 0 Å². The van der Waals surface area contributed by atoms with E-state index < -0.39 is 0 Å². The Bertz CT molecular complexity index is 310. The van der Waals surface area contributed by atoms with Gasteiger partial charge in [-0.3, -0.25) is 9.59 Å². The van der Waals surface area contributed by atoms with Crippen molar-refractivity contribution in [3.05, 3.63) is 12.2 Å². The lowest BCUT2D eigenvalue weighted by Gasteiger charge is -2.47. The monoisotopic (exact) mass is 195 g/mol. The zero-order chi connectivity index (χ0) is 10.3. The molecule has 0 aromatic heterocycles. The van der Waals surface area contributed by atoms with Crippen LogP contribution in [0.2, 0.25) is 0 Å². The van der Waals surface area contributed by atoms with Gasteiger partial charge < -0.3 is 9.64 Å². The fourth-order valence-corrected chi connectivity index (χ4v) is 2.20. The third-order valence-corrected chi connectivity index (χ3v) is 3.21. The fourth-order valence-electron chi connectivity index (χ4n) is 2.20. The van der Waals surface area contributed by atoms with Gasteiger partial charge in [-0.15, -0.1) is 0 Å². The van der Waals surface area contributed by atoms with Gasteiger partial charge in [0.15, 0.2) is 0 Å². The van der Waals surface area contributed by atoms with Crippen LogP contribution in [0.3, 0.4) is 0 Å². The molecule has 1 amide bonds. The predicted molar refractivity (Wildman–Crippen MR) is 49.3 cm³/mol. The summed E-state index contributed by atoms with van der Waals surface area (Å²) in [5.41, 5.74) is 0. The van der Waals surface area contributed by atoms with E-state index in [0.29, 0.717) is 0 Å². The van der Waals surface area contributed by atoms with Gasteiger partial charge in [0.1, 0.15) is 0 Å². The molecule has 0 radical (unpaired) electrons. The third-order valence-electron chi connectivity index (χ3n) is 3.21. The van der Waals surface area contributed by atoms with Crippen molar-refractivity contribution >= 4 is 11.9 Å². The summed E-state index contributed by atoms with van der Waals surface area (Å²) >= 11 is 0. The number of fused-ring (bicyclic) bond motifs is 1. The summed E-state index contributed by atoms with van der Waals surface area (Å²) in [6.45, 7) is 0. The SMILES string of the molecule is COC(=O)[C@@H]1CC2C1C=CC(=O)N2C. The molecule has 1 aliphatic carbocycles. The maximum atomic E-state index is 11.3. The zero-order valence-electron chi connectivity index (χ0n) is 8.27. The molecular formula is C10H13NO3. The first kappa shape index (κ1) is 9.24. The Morgan fingerprint density at radius 1 is 1.64 bits per heavy atom. The summed E-state index contributed by atoms with van der Waals surface area (Å²) in [5.74, 6) is -0.0461. The summed E-state index contributed by atoms with van der Waals surface area (Å²) in [6, 6.07) is 0.191. The Kier molecular flexibility index (Phi) is 2.06. The number of hydrogen-bond acceptors (Lipinski definition) is 3. The number of esters is 1. The number of rotatable bonds is 1. The van der Waals surface area contributed by atoms with Crippen LogP contribution in [0, 0.1) is 11.8 Å². The van der Waals surface area contributed by atoms with Crippen molar-refractivity contribution in [1.82, 2.24) is 4.90 Å². The van der Waals surface area contributed by atoms with Crippen molar-refractivity contribution in [1.29, 1.82) is 0 Å². The number of ether oxygens (including phenoxy) is 1. The molecule has 0 spiro atoms. The molecule has 3 atom stereocenters. The van der Waals surface area contributed by atoms with Crippen molar-refractivity contribution in [2.24, 2.45) is 11.8 Å². The van der Waals surface area contributed by atoms with Gasteiger partial charge in [0, 0.05) is 19.0 Å². The largest absolute Gasteiger partial charge is 0.469 e. The third kappa shape index (κ3) is 1.14. The fraction of sp³-hybridized carbons (Fsp3) is 0.600. The van der Waals surface area contributed by atoms with Gasteiger partial charge in [-0.05, 0) is 12.5 Å². The molecule has 4 nitrogen and oxygen atoms in total. The molecule has 0 aromatic carbocycles. The van der Waals surface area contributed by atoms with Crippen LogP contribution < -0.4 is 0 Å². The number of nitrogens with zero attached hydrogens (tertiary/aromatic N) is 1. The lowest BCUT2D eigenvalue weighted by Crippen LogP contribution is -2.56. The molecule has 1 saturated carbocycles. The maximum absolute atomic E-state index is 11.3. The minimum Gasteiger partial charge on any atom is -0.469 e. The molecule has 2 aliphatic rings. The second-order valence-corrected chi connectivity index (χ2v) is 3.82. The van der Waals surface area contributed by atoms with E-state index in [1.54, 1.807) is 11.9 Å². The molecule has 2 rings (SSSR count). The normalized spacial score (nSPS) is 34.9. The smallest absolute Gasteiger partial charge is 0.309 e. The summed E-state index contributed by atoms with van der Waals surface area (Å²) in [7, 11) is 3.17. The quantitative estimate of drug-likeness (QED) is 0.561. The molecule has 1 fully saturated rings. The van der Waals surface area contributed by atoms with E-state index in [-0.39, 0.29) is 29.8 Å². The number of carbonyl (C=O) groups excluding carboxylic acids is 2. The van der Waals surface area contributed by atoms with Crippen LogP contribution in [0.1, 0.15) is 6.42 Å². The van der Waals surface area contributed by atoms with Crippen LogP contribution in [-0.4, -0.2) is 37.0 Å². The summed E-state index contributed by atoms with van der Waals surface area (Å²) < 4.78 is 4.69. The van der Waals surface area contributed by atoms with Crippen molar-refractivity contribution in [2.45, 2.75) is 12.5 Å². The first-order valence-corrected chi connectivity index (χ1v) is 4.68. The molecule has 4 heteroatoms. The van der Waals surface area contributed by atoms with Gasteiger partial charge in [-0.1, -0.05) is 6.08 Å². The average Bonchev–Trinajstić information content (AvgIpc) is 2.13. The van der Waals surface area contributed by atoms with E-state index in [1.807, 2.05) is 6.08 Å².